The number of carboxylic acid groups (broad SMARTS) is 1. The monoisotopic (exact) mass is 318 g/mol. The first-order chi connectivity index (χ1) is 7.18. The molecule has 1 aromatic carbocycles. The maximum Gasteiger partial charge on any atom is 1.00 e. The Kier molecular flexibility index (Phi) is 21.3. The van der Waals surface area contributed by atoms with Crippen molar-refractivity contribution in [2.24, 2.45) is 5.73 Å². The minimum Gasteiger partial charge on any atom is -1.00 e. The van der Waals surface area contributed by atoms with E-state index in [0.717, 1.165) is 16.5 Å². The molecule has 120 valence electrons. The Bertz CT molecular complexity index is 512. The number of carboxylic acids is 1. The van der Waals surface area contributed by atoms with Crippen LogP contribution >= 0.6 is 0 Å². The van der Waals surface area contributed by atoms with Crippen LogP contribution < -0.4 is 35.3 Å². The summed E-state index contributed by atoms with van der Waals surface area (Å²) in [7, 11) is 0. The van der Waals surface area contributed by atoms with Gasteiger partial charge in [0.05, 0.1) is 0 Å². The summed E-state index contributed by atoms with van der Waals surface area (Å²) in [5.74, 6) is -0.972. The molecule has 1 heterocycles. The van der Waals surface area contributed by atoms with Crippen molar-refractivity contribution in [2.75, 3.05) is 0 Å². The molecule has 0 aliphatic heterocycles. The van der Waals surface area contributed by atoms with Crippen LogP contribution in [0.25, 0.3) is 10.9 Å². The molecule has 0 fully saturated rings. The number of hydrogen-bond donors (Lipinski definition) is 3. The number of aromatic nitrogens is 1. The fourth-order valence-electron chi connectivity index (χ4n) is 1.62. The summed E-state index contributed by atoms with van der Waals surface area (Å²) in [6.45, 7) is 0. The Morgan fingerprint density at radius 1 is 1.19 bits per heavy atom. The third-order valence-electron chi connectivity index (χ3n) is 2.43. The first kappa shape index (κ1) is 32.1. The van der Waals surface area contributed by atoms with Gasteiger partial charge >= 0.3 is 35.5 Å². The Labute approximate surface area is 144 Å². The quantitative estimate of drug-likeness (QED) is 0.469. The Morgan fingerprint density at radius 3 is 2.24 bits per heavy atom. The molecule has 2 aromatic rings. The molecule has 10 heteroatoms. The molecule has 2 rings (SSSR count). The van der Waals surface area contributed by atoms with Gasteiger partial charge in [-0.1, -0.05) is 18.2 Å². The van der Waals surface area contributed by atoms with Crippen molar-refractivity contribution in [3.63, 3.8) is 0 Å². The van der Waals surface area contributed by atoms with Gasteiger partial charge in [0.1, 0.15) is 6.04 Å². The van der Waals surface area contributed by atoms with E-state index in [1.807, 2.05) is 30.5 Å². The van der Waals surface area contributed by atoms with Crippen molar-refractivity contribution in [1.29, 1.82) is 0 Å². The van der Waals surface area contributed by atoms with Gasteiger partial charge in [-0.05, 0) is 11.6 Å². The number of carbonyl (C=O) groups is 1. The number of benzene rings is 1. The van der Waals surface area contributed by atoms with E-state index in [-0.39, 0.29) is 58.4 Å². The van der Waals surface area contributed by atoms with Gasteiger partial charge in [0.15, 0.2) is 0 Å². The van der Waals surface area contributed by atoms with Crippen LogP contribution in [-0.2, 0) is 11.2 Å². The molecule has 14 N–H and O–H groups in total. The number of H-pyrrole nitrogens is 1. The summed E-state index contributed by atoms with van der Waals surface area (Å²) >= 11 is 0. The zero-order valence-corrected chi connectivity index (χ0v) is 13.6. The molecule has 0 spiro atoms. The maximum atomic E-state index is 10.6. The number of aromatic amines is 1. The molecule has 0 aliphatic rings. The normalized spacial score (nSPS) is 9.19. The van der Waals surface area contributed by atoms with Gasteiger partial charge in [-0.15, -0.1) is 0 Å². The standard InChI is InChI=1S/C11H12N2O2.Na.5H2O.H/c12-9(11(14)15)5-7-6-13-10-4-2-1-3-8(7)10;;;;;;;/h1-4,6,9,13H,5,12H2,(H,14,15);;5*1H2;/q;+1;;;;;;-1. The molecule has 21 heavy (non-hydrogen) atoms. The Morgan fingerprint density at radius 2 is 1.71 bits per heavy atom. The van der Waals surface area contributed by atoms with Crippen LogP contribution in [0.2, 0.25) is 0 Å². The number of hydrogen-bond acceptors (Lipinski definition) is 2. The van der Waals surface area contributed by atoms with Gasteiger partial charge in [-0.2, -0.15) is 0 Å². The second-order valence-corrected chi connectivity index (χ2v) is 3.51. The molecule has 1 atom stereocenters. The summed E-state index contributed by atoms with van der Waals surface area (Å²) < 4.78 is 0. The predicted octanol–water partition coefficient (Wildman–Crippen LogP) is -5.88. The summed E-state index contributed by atoms with van der Waals surface area (Å²) in [5.41, 5.74) is 7.43. The zero-order valence-electron chi connectivity index (χ0n) is 12.6. The van der Waals surface area contributed by atoms with Gasteiger partial charge in [-0.3, -0.25) is 4.79 Å². The van der Waals surface area contributed by atoms with Crippen LogP contribution in [-0.4, -0.2) is 49.5 Å². The van der Waals surface area contributed by atoms with Crippen LogP contribution in [0.15, 0.2) is 30.5 Å². The maximum absolute atomic E-state index is 10.6. The fourth-order valence-corrected chi connectivity index (χ4v) is 1.62. The minimum atomic E-state index is -0.972. The molecular weight excluding hydrogens is 295 g/mol. The van der Waals surface area contributed by atoms with E-state index >= 15 is 0 Å². The van der Waals surface area contributed by atoms with Crippen LogP contribution in [0, 0.1) is 0 Å². The molecule has 0 amide bonds. The number of rotatable bonds is 3. The zero-order chi connectivity index (χ0) is 10.8. The molecule has 0 saturated carbocycles. The average Bonchev–Trinajstić information content (AvgIpc) is 2.62. The Hall–Kier alpha value is -1.01. The smallest absolute Gasteiger partial charge is 1.00 e. The molecular formula is C11H23N2NaO7. The van der Waals surface area contributed by atoms with Crippen LogP contribution in [0.3, 0.4) is 0 Å². The average molecular weight is 318 g/mol. The molecule has 1 unspecified atom stereocenters. The van der Waals surface area contributed by atoms with Gasteiger partial charge < -0.3 is 44.6 Å². The molecule has 0 saturated heterocycles. The van der Waals surface area contributed by atoms with E-state index < -0.39 is 12.0 Å². The fraction of sp³-hybridized carbons (Fsp3) is 0.182. The number of aliphatic carboxylic acids is 1. The summed E-state index contributed by atoms with van der Waals surface area (Å²) in [5, 5.41) is 9.75. The van der Waals surface area contributed by atoms with Crippen molar-refractivity contribution >= 4 is 16.9 Å². The molecule has 9 nitrogen and oxygen atoms in total. The summed E-state index contributed by atoms with van der Waals surface area (Å²) in [6, 6.07) is 6.91. The van der Waals surface area contributed by atoms with Gasteiger partial charge in [-0.25, -0.2) is 0 Å². The largest absolute Gasteiger partial charge is 1.00 e. The second-order valence-electron chi connectivity index (χ2n) is 3.51. The first-order valence-electron chi connectivity index (χ1n) is 4.72. The van der Waals surface area contributed by atoms with Crippen molar-refractivity contribution in [1.82, 2.24) is 4.98 Å². The summed E-state index contributed by atoms with van der Waals surface area (Å²) in [6.07, 6.45) is 2.16. The SMILES string of the molecule is NC(Cc1c[nH]c2ccccc12)C(=O)O.O.O.O.O.O.[H-].[Na+]. The number of fused-ring (bicyclic) bond motifs is 1. The van der Waals surface area contributed by atoms with Crippen molar-refractivity contribution in [3.05, 3.63) is 36.0 Å². The number of para-hydroxylation sites is 1. The van der Waals surface area contributed by atoms with E-state index in [1.54, 1.807) is 0 Å². The van der Waals surface area contributed by atoms with Crippen LogP contribution in [0.5, 0.6) is 0 Å². The van der Waals surface area contributed by atoms with E-state index in [9.17, 15) is 4.79 Å². The molecule has 1 aromatic heterocycles. The molecule has 0 radical (unpaired) electrons. The minimum absolute atomic E-state index is 0. The molecule has 0 aliphatic carbocycles. The predicted molar refractivity (Wildman–Crippen MR) is 76.8 cm³/mol. The second kappa shape index (κ2) is 13.9. The van der Waals surface area contributed by atoms with Gasteiger partial charge in [0.2, 0.25) is 0 Å². The van der Waals surface area contributed by atoms with Crippen molar-refractivity contribution in [3.8, 4) is 0 Å². The third-order valence-corrected chi connectivity index (χ3v) is 2.43. The summed E-state index contributed by atoms with van der Waals surface area (Å²) in [4.78, 5) is 13.7. The molecule has 0 bridgehead atoms. The third kappa shape index (κ3) is 7.52. The topological polar surface area (TPSA) is 237 Å². The van der Waals surface area contributed by atoms with Crippen molar-refractivity contribution < 1.29 is 68.3 Å². The van der Waals surface area contributed by atoms with E-state index in [4.69, 9.17) is 10.8 Å². The van der Waals surface area contributed by atoms with Gasteiger partial charge in [0, 0.05) is 23.5 Å². The Balaban J connectivity index is -0.0000000914. The van der Waals surface area contributed by atoms with Gasteiger partial charge in [0.25, 0.3) is 0 Å². The number of nitrogens with two attached hydrogens (primary N) is 1. The number of nitrogens with one attached hydrogen (secondary N) is 1. The van der Waals surface area contributed by atoms with E-state index in [2.05, 4.69) is 4.98 Å². The van der Waals surface area contributed by atoms with Crippen LogP contribution in [0.1, 0.15) is 6.99 Å². The first-order valence-corrected chi connectivity index (χ1v) is 4.72. The van der Waals surface area contributed by atoms with E-state index in [0.29, 0.717) is 6.42 Å². The van der Waals surface area contributed by atoms with Crippen LogP contribution in [0.4, 0.5) is 0 Å². The van der Waals surface area contributed by atoms with Crippen molar-refractivity contribution in [2.45, 2.75) is 12.5 Å². The van der Waals surface area contributed by atoms with E-state index in [1.165, 1.54) is 0 Å².